The lowest BCUT2D eigenvalue weighted by molar-refractivity contribution is -0.162. The topological polar surface area (TPSA) is 59.0 Å². The molecular formula is C24H33NO4. The van der Waals surface area contributed by atoms with Crippen LogP contribution in [-0.2, 0) is 15.1 Å². The molecule has 2 rings (SSSR count). The molecule has 1 unspecified atom stereocenters. The highest BCUT2D eigenvalue weighted by Crippen LogP contribution is 2.32. The average molecular weight is 400 g/mol. The van der Waals surface area contributed by atoms with Crippen LogP contribution in [0, 0.1) is 0 Å². The molecule has 0 saturated carbocycles. The van der Waals surface area contributed by atoms with E-state index in [0.717, 1.165) is 32.5 Å². The molecule has 5 nitrogen and oxygen atoms in total. The molecule has 2 aromatic carbocycles. The maximum absolute atomic E-state index is 13.0. The van der Waals surface area contributed by atoms with E-state index in [1.165, 1.54) is 0 Å². The van der Waals surface area contributed by atoms with Gasteiger partial charge in [0.15, 0.2) is 0 Å². The summed E-state index contributed by atoms with van der Waals surface area (Å²) < 4.78 is 11.1. The Morgan fingerprint density at radius 2 is 1.55 bits per heavy atom. The maximum Gasteiger partial charge on any atom is 0.347 e. The Balaban J connectivity index is 2.17. The van der Waals surface area contributed by atoms with E-state index in [1.54, 1.807) is 48.5 Å². The van der Waals surface area contributed by atoms with E-state index in [0.29, 0.717) is 23.5 Å². The second-order valence-corrected chi connectivity index (χ2v) is 6.97. The van der Waals surface area contributed by atoms with E-state index in [-0.39, 0.29) is 6.61 Å². The fraction of sp³-hybridized carbons (Fsp3) is 0.458. The fourth-order valence-corrected chi connectivity index (χ4v) is 3.19. The van der Waals surface area contributed by atoms with Gasteiger partial charge in [0.25, 0.3) is 0 Å². The largest absolute Gasteiger partial charge is 0.494 e. The van der Waals surface area contributed by atoms with Crippen LogP contribution in [0.3, 0.4) is 0 Å². The minimum atomic E-state index is -1.86. The normalized spacial score (nSPS) is 13.1. The summed E-state index contributed by atoms with van der Waals surface area (Å²) in [6.07, 6.45) is 1.64. The molecule has 0 bridgehead atoms. The predicted octanol–water partition coefficient (Wildman–Crippen LogP) is 3.99. The van der Waals surface area contributed by atoms with Crippen LogP contribution >= 0.6 is 0 Å². The molecule has 29 heavy (non-hydrogen) atoms. The average Bonchev–Trinajstić information content (AvgIpc) is 2.78. The fourth-order valence-electron chi connectivity index (χ4n) is 3.19. The van der Waals surface area contributed by atoms with Gasteiger partial charge in [0.05, 0.1) is 13.2 Å². The minimum Gasteiger partial charge on any atom is -0.494 e. The first-order valence-electron chi connectivity index (χ1n) is 10.5. The second kappa shape index (κ2) is 11.6. The van der Waals surface area contributed by atoms with Crippen molar-refractivity contribution in [2.45, 2.75) is 39.2 Å². The number of carbonyl (C=O) groups excluding carboxylic acids is 1. The molecule has 0 amide bonds. The lowest BCUT2D eigenvalue weighted by Gasteiger charge is -2.27. The smallest absolute Gasteiger partial charge is 0.347 e. The molecule has 0 aliphatic carbocycles. The minimum absolute atomic E-state index is 0.266. The van der Waals surface area contributed by atoms with Crippen molar-refractivity contribution in [2.24, 2.45) is 0 Å². The SMILES string of the molecule is CCCOc1ccc(C(O)(C(=O)OCCCN(CC)CC)c2ccccc2)cc1. The van der Waals surface area contributed by atoms with Gasteiger partial charge < -0.3 is 19.5 Å². The molecule has 0 spiro atoms. The Kier molecular flexibility index (Phi) is 9.16. The first kappa shape index (κ1) is 22.9. The van der Waals surface area contributed by atoms with E-state index in [1.807, 2.05) is 13.0 Å². The Morgan fingerprint density at radius 3 is 2.14 bits per heavy atom. The van der Waals surface area contributed by atoms with E-state index < -0.39 is 11.6 Å². The molecule has 0 aliphatic rings. The molecule has 5 heteroatoms. The Labute approximate surface area is 174 Å². The van der Waals surface area contributed by atoms with Gasteiger partial charge in [0.2, 0.25) is 5.60 Å². The number of ether oxygens (including phenoxy) is 2. The molecular weight excluding hydrogens is 366 g/mol. The molecule has 0 fully saturated rings. The lowest BCUT2D eigenvalue weighted by atomic mass is 9.86. The van der Waals surface area contributed by atoms with Crippen molar-refractivity contribution in [1.82, 2.24) is 4.90 Å². The summed E-state index contributed by atoms with van der Waals surface area (Å²) in [5.74, 6) is 0.0454. The van der Waals surface area contributed by atoms with Crippen molar-refractivity contribution in [3.63, 3.8) is 0 Å². The molecule has 0 saturated heterocycles. The van der Waals surface area contributed by atoms with Gasteiger partial charge in [0, 0.05) is 6.54 Å². The van der Waals surface area contributed by atoms with Gasteiger partial charge in [-0.1, -0.05) is 63.2 Å². The number of benzene rings is 2. The van der Waals surface area contributed by atoms with Gasteiger partial charge in [-0.15, -0.1) is 0 Å². The zero-order valence-corrected chi connectivity index (χ0v) is 17.8. The summed E-state index contributed by atoms with van der Waals surface area (Å²) >= 11 is 0. The first-order chi connectivity index (χ1) is 14.1. The maximum atomic E-state index is 13.0. The molecule has 1 atom stereocenters. The monoisotopic (exact) mass is 399 g/mol. The molecule has 1 N–H and O–H groups in total. The van der Waals surface area contributed by atoms with Crippen molar-refractivity contribution in [3.05, 3.63) is 65.7 Å². The van der Waals surface area contributed by atoms with Gasteiger partial charge in [-0.2, -0.15) is 0 Å². The summed E-state index contributed by atoms with van der Waals surface area (Å²) in [7, 11) is 0. The van der Waals surface area contributed by atoms with Crippen LogP contribution in [0.2, 0.25) is 0 Å². The van der Waals surface area contributed by atoms with Crippen LogP contribution in [0.5, 0.6) is 5.75 Å². The molecule has 0 radical (unpaired) electrons. The molecule has 158 valence electrons. The van der Waals surface area contributed by atoms with Crippen molar-refractivity contribution >= 4 is 5.97 Å². The lowest BCUT2D eigenvalue weighted by Crippen LogP contribution is -2.39. The van der Waals surface area contributed by atoms with Crippen LogP contribution < -0.4 is 4.74 Å². The van der Waals surface area contributed by atoms with Crippen molar-refractivity contribution in [1.29, 1.82) is 0 Å². The van der Waals surface area contributed by atoms with Crippen LogP contribution in [0.25, 0.3) is 0 Å². The van der Waals surface area contributed by atoms with Crippen LogP contribution in [-0.4, -0.2) is 48.8 Å². The third-order valence-corrected chi connectivity index (χ3v) is 4.98. The number of nitrogens with zero attached hydrogens (tertiary/aromatic N) is 1. The number of carbonyl (C=O) groups is 1. The quantitative estimate of drug-likeness (QED) is 0.432. The van der Waals surface area contributed by atoms with Crippen LogP contribution in [0.4, 0.5) is 0 Å². The van der Waals surface area contributed by atoms with E-state index in [2.05, 4.69) is 18.7 Å². The summed E-state index contributed by atoms with van der Waals surface area (Å²) in [5, 5.41) is 11.5. The molecule has 0 aliphatic heterocycles. The first-order valence-corrected chi connectivity index (χ1v) is 10.5. The number of aliphatic hydroxyl groups is 1. The van der Waals surface area contributed by atoms with Gasteiger partial charge in [-0.3, -0.25) is 0 Å². The van der Waals surface area contributed by atoms with Crippen molar-refractivity contribution in [2.75, 3.05) is 32.8 Å². The van der Waals surface area contributed by atoms with Gasteiger partial charge in [-0.05, 0) is 49.2 Å². The Morgan fingerprint density at radius 1 is 0.931 bits per heavy atom. The molecule has 0 aromatic heterocycles. The Hall–Kier alpha value is -2.37. The van der Waals surface area contributed by atoms with E-state index >= 15 is 0 Å². The number of hydrogen-bond acceptors (Lipinski definition) is 5. The van der Waals surface area contributed by atoms with Gasteiger partial charge in [-0.25, -0.2) is 4.79 Å². The predicted molar refractivity (Wildman–Crippen MR) is 115 cm³/mol. The summed E-state index contributed by atoms with van der Waals surface area (Å²) in [4.78, 5) is 15.3. The number of esters is 1. The van der Waals surface area contributed by atoms with Crippen LogP contribution in [0.15, 0.2) is 54.6 Å². The summed E-state index contributed by atoms with van der Waals surface area (Å²) in [6.45, 7) is 9.93. The number of rotatable bonds is 12. The third-order valence-electron chi connectivity index (χ3n) is 4.98. The standard InChI is InChI=1S/C24H33NO4/c1-4-18-28-22-15-13-21(14-16-22)24(27,20-11-8-7-9-12-20)23(26)29-19-10-17-25(5-2)6-3/h7-9,11-16,27H,4-6,10,17-19H2,1-3H3. The zero-order valence-electron chi connectivity index (χ0n) is 17.8. The van der Waals surface area contributed by atoms with Gasteiger partial charge >= 0.3 is 5.97 Å². The van der Waals surface area contributed by atoms with Crippen molar-refractivity contribution < 1.29 is 19.4 Å². The van der Waals surface area contributed by atoms with Crippen molar-refractivity contribution in [3.8, 4) is 5.75 Å². The molecule has 0 heterocycles. The van der Waals surface area contributed by atoms with Crippen LogP contribution in [0.1, 0.15) is 44.7 Å². The third kappa shape index (κ3) is 6.05. The highest BCUT2D eigenvalue weighted by molar-refractivity contribution is 5.85. The summed E-state index contributed by atoms with van der Waals surface area (Å²) in [6, 6.07) is 15.9. The molecule has 2 aromatic rings. The zero-order chi connectivity index (χ0) is 21.1. The van der Waals surface area contributed by atoms with Gasteiger partial charge in [0.1, 0.15) is 5.75 Å². The number of hydrogen-bond donors (Lipinski definition) is 1. The Bertz CT molecular complexity index is 728. The second-order valence-electron chi connectivity index (χ2n) is 6.97. The summed E-state index contributed by atoms with van der Waals surface area (Å²) in [5.41, 5.74) is -0.919. The van der Waals surface area contributed by atoms with E-state index in [4.69, 9.17) is 9.47 Å². The highest BCUT2D eigenvalue weighted by atomic mass is 16.5. The highest BCUT2D eigenvalue weighted by Gasteiger charge is 2.41. The van der Waals surface area contributed by atoms with E-state index in [9.17, 15) is 9.90 Å².